The molecule has 0 atom stereocenters. The summed E-state index contributed by atoms with van der Waals surface area (Å²) in [5.74, 6) is 0.360. The Balaban J connectivity index is 1.30. The zero-order valence-corrected chi connectivity index (χ0v) is 17.5. The van der Waals surface area contributed by atoms with Crippen LogP contribution in [-0.2, 0) is 4.79 Å². The molecule has 2 aliphatic heterocycles. The molecule has 31 heavy (non-hydrogen) atoms. The monoisotopic (exact) mass is 428 g/mol. The molecule has 1 amide bonds. The highest BCUT2D eigenvalue weighted by Crippen LogP contribution is 2.18. The summed E-state index contributed by atoms with van der Waals surface area (Å²) in [6.07, 6.45) is 2.60. The molecule has 164 valence electrons. The summed E-state index contributed by atoms with van der Waals surface area (Å²) in [7, 11) is 2.12. The Labute approximate surface area is 180 Å². The molecule has 0 spiro atoms. The van der Waals surface area contributed by atoms with Gasteiger partial charge in [0.25, 0.3) is 0 Å². The minimum absolute atomic E-state index is 0.0581. The lowest BCUT2D eigenvalue weighted by Crippen LogP contribution is -2.48. The number of nitrogens with zero attached hydrogens (tertiary/aromatic N) is 6. The highest BCUT2D eigenvalue weighted by molar-refractivity contribution is 5.92. The number of carbonyl (C=O) groups is 1. The quantitative estimate of drug-likeness (QED) is 0.693. The summed E-state index contributed by atoms with van der Waals surface area (Å²) in [6.45, 7) is 6.23. The second-order valence-corrected chi connectivity index (χ2v) is 7.85. The SMILES string of the molecule is CN1CCN(c2ccc(N3CCN(C(=O)/C=C/c4cc(F)ccc4F)CC3)nn2)CC1. The van der Waals surface area contributed by atoms with Gasteiger partial charge in [0.05, 0.1) is 0 Å². The molecule has 0 unspecified atom stereocenters. The normalized spacial score (nSPS) is 18.1. The van der Waals surface area contributed by atoms with Crippen molar-refractivity contribution in [3.63, 3.8) is 0 Å². The summed E-state index contributed by atoms with van der Waals surface area (Å²) < 4.78 is 27.0. The Morgan fingerprint density at radius 1 is 0.871 bits per heavy atom. The molecule has 0 saturated carbocycles. The fourth-order valence-electron chi connectivity index (χ4n) is 3.76. The van der Waals surface area contributed by atoms with Crippen molar-refractivity contribution >= 4 is 23.6 Å². The van der Waals surface area contributed by atoms with E-state index in [-0.39, 0.29) is 11.5 Å². The molecule has 4 rings (SSSR count). The van der Waals surface area contributed by atoms with Crippen LogP contribution in [0.1, 0.15) is 5.56 Å². The first kappa shape index (κ1) is 21.2. The van der Waals surface area contributed by atoms with Crippen LogP contribution in [0.25, 0.3) is 6.08 Å². The van der Waals surface area contributed by atoms with E-state index in [1.54, 1.807) is 4.90 Å². The smallest absolute Gasteiger partial charge is 0.246 e. The molecule has 9 heteroatoms. The summed E-state index contributed by atoms with van der Waals surface area (Å²) in [6, 6.07) is 7.15. The van der Waals surface area contributed by atoms with Crippen LogP contribution >= 0.6 is 0 Å². The minimum Gasteiger partial charge on any atom is -0.353 e. The van der Waals surface area contributed by atoms with Crippen molar-refractivity contribution in [2.75, 3.05) is 69.2 Å². The second-order valence-electron chi connectivity index (χ2n) is 7.85. The Morgan fingerprint density at radius 2 is 1.45 bits per heavy atom. The number of amides is 1. The van der Waals surface area contributed by atoms with Crippen molar-refractivity contribution in [1.29, 1.82) is 0 Å². The predicted molar refractivity (Wildman–Crippen MR) is 116 cm³/mol. The lowest BCUT2D eigenvalue weighted by atomic mass is 10.2. The van der Waals surface area contributed by atoms with Crippen LogP contribution in [0.2, 0.25) is 0 Å². The first-order chi connectivity index (χ1) is 15.0. The van der Waals surface area contributed by atoms with Crippen molar-refractivity contribution in [1.82, 2.24) is 20.0 Å². The van der Waals surface area contributed by atoms with Gasteiger partial charge in [0.2, 0.25) is 5.91 Å². The van der Waals surface area contributed by atoms with E-state index in [4.69, 9.17) is 0 Å². The van der Waals surface area contributed by atoms with Crippen molar-refractivity contribution in [3.8, 4) is 0 Å². The molecule has 0 bridgehead atoms. The van der Waals surface area contributed by atoms with Gasteiger partial charge in [-0.1, -0.05) is 0 Å². The number of rotatable bonds is 4. The molecule has 1 aromatic carbocycles. The number of hydrogen-bond acceptors (Lipinski definition) is 6. The zero-order valence-electron chi connectivity index (χ0n) is 17.5. The summed E-state index contributed by atoms with van der Waals surface area (Å²) >= 11 is 0. The number of benzene rings is 1. The molecular weight excluding hydrogens is 402 g/mol. The predicted octanol–water partition coefficient (Wildman–Crippen LogP) is 1.87. The number of anilines is 2. The van der Waals surface area contributed by atoms with Crippen LogP contribution in [-0.4, -0.2) is 85.3 Å². The van der Waals surface area contributed by atoms with Crippen LogP contribution < -0.4 is 9.80 Å². The molecule has 0 radical (unpaired) electrons. The van der Waals surface area contributed by atoms with Gasteiger partial charge in [0.15, 0.2) is 11.6 Å². The van der Waals surface area contributed by atoms with Crippen molar-refractivity contribution < 1.29 is 13.6 Å². The number of piperazine rings is 2. The number of likely N-dealkylation sites (N-methyl/N-ethyl adjacent to an activating group) is 1. The van der Waals surface area contributed by atoms with E-state index in [9.17, 15) is 13.6 Å². The zero-order chi connectivity index (χ0) is 21.8. The number of halogens is 2. The maximum atomic E-state index is 13.7. The third-order valence-electron chi connectivity index (χ3n) is 5.74. The fourth-order valence-corrected chi connectivity index (χ4v) is 3.76. The maximum Gasteiger partial charge on any atom is 0.246 e. The lowest BCUT2D eigenvalue weighted by Gasteiger charge is -2.35. The largest absolute Gasteiger partial charge is 0.353 e. The molecule has 2 fully saturated rings. The number of hydrogen-bond donors (Lipinski definition) is 0. The topological polar surface area (TPSA) is 55.8 Å². The third-order valence-corrected chi connectivity index (χ3v) is 5.74. The molecule has 0 aliphatic carbocycles. The molecule has 2 aliphatic rings. The number of carbonyl (C=O) groups excluding carboxylic acids is 1. The molecule has 2 aromatic rings. The Kier molecular flexibility index (Phi) is 6.41. The van der Waals surface area contributed by atoms with E-state index in [0.717, 1.165) is 56.0 Å². The lowest BCUT2D eigenvalue weighted by molar-refractivity contribution is -0.126. The van der Waals surface area contributed by atoms with E-state index in [1.165, 1.54) is 12.2 Å². The summed E-state index contributed by atoms with van der Waals surface area (Å²) in [5.41, 5.74) is 0.0581. The Morgan fingerprint density at radius 3 is 2.03 bits per heavy atom. The van der Waals surface area contributed by atoms with Gasteiger partial charge in [-0.05, 0) is 43.5 Å². The average Bonchev–Trinajstić information content (AvgIpc) is 2.80. The maximum absolute atomic E-state index is 13.7. The molecule has 2 saturated heterocycles. The summed E-state index contributed by atoms with van der Waals surface area (Å²) in [5, 5.41) is 8.78. The standard InChI is InChI=1S/C22H26F2N6O/c1-27-8-10-28(11-9-27)20-5-6-21(26-25-20)29-12-14-30(15-13-29)22(31)7-2-17-16-18(23)3-4-19(17)24/h2-7,16H,8-15H2,1H3/b7-2+. The van der Waals surface area contributed by atoms with Crippen LogP contribution in [0.5, 0.6) is 0 Å². The van der Waals surface area contributed by atoms with Crippen LogP contribution in [0.3, 0.4) is 0 Å². The molecular formula is C22H26F2N6O. The first-order valence-corrected chi connectivity index (χ1v) is 10.4. The number of aromatic nitrogens is 2. The molecule has 3 heterocycles. The highest BCUT2D eigenvalue weighted by Gasteiger charge is 2.22. The van der Waals surface area contributed by atoms with Gasteiger partial charge in [0, 0.05) is 64.0 Å². The van der Waals surface area contributed by atoms with Gasteiger partial charge in [0.1, 0.15) is 11.6 Å². The summed E-state index contributed by atoms with van der Waals surface area (Å²) in [4.78, 5) is 20.7. The fraction of sp³-hybridized carbons (Fsp3) is 0.409. The van der Waals surface area contributed by atoms with Gasteiger partial charge in [-0.2, -0.15) is 0 Å². The van der Waals surface area contributed by atoms with E-state index in [1.807, 2.05) is 12.1 Å². The third kappa shape index (κ3) is 5.16. The van der Waals surface area contributed by atoms with Gasteiger partial charge < -0.3 is 19.6 Å². The van der Waals surface area contributed by atoms with Gasteiger partial charge in [-0.3, -0.25) is 4.79 Å². The van der Waals surface area contributed by atoms with Crippen molar-refractivity contribution in [2.45, 2.75) is 0 Å². The van der Waals surface area contributed by atoms with Gasteiger partial charge >= 0.3 is 0 Å². The molecule has 0 N–H and O–H groups in total. The first-order valence-electron chi connectivity index (χ1n) is 10.4. The van der Waals surface area contributed by atoms with E-state index in [2.05, 4.69) is 31.9 Å². The van der Waals surface area contributed by atoms with E-state index in [0.29, 0.717) is 26.2 Å². The second kappa shape index (κ2) is 9.38. The Bertz CT molecular complexity index is 936. The average molecular weight is 428 g/mol. The van der Waals surface area contributed by atoms with E-state index < -0.39 is 11.6 Å². The van der Waals surface area contributed by atoms with Crippen LogP contribution in [0.15, 0.2) is 36.4 Å². The van der Waals surface area contributed by atoms with Crippen molar-refractivity contribution in [3.05, 3.63) is 53.6 Å². The highest BCUT2D eigenvalue weighted by atomic mass is 19.1. The van der Waals surface area contributed by atoms with Crippen LogP contribution in [0, 0.1) is 11.6 Å². The van der Waals surface area contributed by atoms with Crippen LogP contribution in [0.4, 0.5) is 20.4 Å². The molecule has 7 nitrogen and oxygen atoms in total. The minimum atomic E-state index is -0.561. The van der Waals surface area contributed by atoms with Crippen molar-refractivity contribution in [2.24, 2.45) is 0 Å². The Hall–Kier alpha value is -3.07. The van der Waals surface area contributed by atoms with E-state index >= 15 is 0 Å². The van der Waals surface area contributed by atoms with Gasteiger partial charge in [-0.15, -0.1) is 10.2 Å². The molecule has 1 aromatic heterocycles. The van der Waals surface area contributed by atoms with Gasteiger partial charge in [-0.25, -0.2) is 8.78 Å².